The van der Waals surface area contributed by atoms with Crippen molar-refractivity contribution in [2.24, 2.45) is 5.92 Å². The van der Waals surface area contributed by atoms with Crippen molar-refractivity contribution in [3.05, 3.63) is 47.3 Å². The van der Waals surface area contributed by atoms with Crippen LogP contribution in [0.4, 0.5) is 5.69 Å². The fraction of sp³-hybridized carbons (Fsp3) is 0.450. The zero-order valence-corrected chi connectivity index (χ0v) is 16.0. The minimum Gasteiger partial charge on any atom is -0.345 e. The zero-order valence-electron chi connectivity index (χ0n) is 16.0. The molecule has 0 aliphatic carbocycles. The Hall–Kier alpha value is -2.67. The average Bonchev–Trinajstić information content (AvgIpc) is 3.14. The Morgan fingerprint density at radius 3 is 2.81 bits per heavy atom. The molecule has 0 spiro atoms. The van der Waals surface area contributed by atoms with E-state index in [2.05, 4.69) is 34.5 Å². The van der Waals surface area contributed by atoms with Crippen LogP contribution in [0.3, 0.4) is 0 Å². The number of hydrogen-bond donors (Lipinski definition) is 2. The Morgan fingerprint density at radius 1 is 1.30 bits per heavy atom. The van der Waals surface area contributed by atoms with Gasteiger partial charge >= 0.3 is 0 Å². The number of rotatable bonds is 3. The van der Waals surface area contributed by atoms with Gasteiger partial charge in [0.15, 0.2) is 0 Å². The van der Waals surface area contributed by atoms with Gasteiger partial charge in [-0.1, -0.05) is 12.1 Å². The van der Waals surface area contributed by atoms with Crippen LogP contribution in [0.2, 0.25) is 0 Å². The highest BCUT2D eigenvalue weighted by Gasteiger charge is 2.49. The van der Waals surface area contributed by atoms with Gasteiger partial charge in [0.05, 0.1) is 28.9 Å². The summed E-state index contributed by atoms with van der Waals surface area (Å²) in [5, 5.41) is 10.5. The van der Waals surface area contributed by atoms with Gasteiger partial charge in [0.2, 0.25) is 5.91 Å². The molecule has 1 saturated heterocycles. The monoisotopic (exact) mass is 367 g/mol. The highest BCUT2D eigenvalue weighted by molar-refractivity contribution is 6.06. The highest BCUT2D eigenvalue weighted by Crippen LogP contribution is 2.33. The third-order valence-corrected chi connectivity index (χ3v) is 5.81. The summed E-state index contributed by atoms with van der Waals surface area (Å²) in [5.74, 6) is -0.500. The predicted molar refractivity (Wildman–Crippen MR) is 102 cm³/mol. The van der Waals surface area contributed by atoms with Gasteiger partial charge in [0, 0.05) is 37.4 Å². The van der Waals surface area contributed by atoms with E-state index in [0.29, 0.717) is 30.9 Å². The van der Waals surface area contributed by atoms with Crippen LogP contribution < -0.4 is 10.6 Å². The Kier molecular flexibility index (Phi) is 4.26. The summed E-state index contributed by atoms with van der Waals surface area (Å²) in [5.41, 5.74) is 2.77. The number of nitrogens with one attached hydrogen (secondary N) is 2. The van der Waals surface area contributed by atoms with E-state index in [9.17, 15) is 9.59 Å². The number of aryl methyl sites for hydroxylation is 1. The van der Waals surface area contributed by atoms with E-state index in [1.54, 1.807) is 18.2 Å². The molecule has 3 heterocycles. The fourth-order valence-corrected chi connectivity index (χ4v) is 4.26. The van der Waals surface area contributed by atoms with Crippen LogP contribution in [-0.2, 0) is 17.9 Å². The van der Waals surface area contributed by atoms with Crippen LogP contribution in [0.5, 0.6) is 0 Å². The van der Waals surface area contributed by atoms with Crippen LogP contribution >= 0.6 is 0 Å². The van der Waals surface area contributed by atoms with Crippen LogP contribution in [-0.4, -0.2) is 45.1 Å². The maximum absolute atomic E-state index is 12.9. The number of hydrogen-bond acceptors (Lipinski definition) is 4. The molecule has 0 bridgehead atoms. The second kappa shape index (κ2) is 6.49. The molecule has 1 aromatic heterocycles. The number of likely N-dealkylation sites (tertiary alicyclic amines) is 1. The lowest BCUT2D eigenvalue weighted by molar-refractivity contribution is -0.121. The van der Waals surface area contributed by atoms with E-state index in [1.807, 2.05) is 23.9 Å². The van der Waals surface area contributed by atoms with E-state index >= 15 is 0 Å². The molecular formula is C20H25N5O2. The maximum Gasteiger partial charge on any atom is 0.253 e. The summed E-state index contributed by atoms with van der Waals surface area (Å²) < 4.78 is 1.97. The summed E-state index contributed by atoms with van der Waals surface area (Å²) in [6.07, 6.45) is 1.90. The average molecular weight is 367 g/mol. The van der Waals surface area contributed by atoms with E-state index in [4.69, 9.17) is 0 Å². The number of carbonyl (C=O) groups is 2. The van der Waals surface area contributed by atoms with Gasteiger partial charge < -0.3 is 10.6 Å². The van der Waals surface area contributed by atoms with Gasteiger partial charge in [-0.25, -0.2) is 0 Å². The lowest BCUT2D eigenvalue weighted by Gasteiger charge is -2.33. The van der Waals surface area contributed by atoms with Crippen molar-refractivity contribution in [1.29, 1.82) is 0 Å². The van der Waals surface area contributed by atoms with Gasteiger partial charge in [-0.15, -0.1) is 0 Å². The van der Waals surface area contributed by atoms with Gasteiger partial charge in [-0.05, 0) is 32.9 Å². The molecule has 2 aliphatic heterocycles. The van der Waals surface area contributed by atoms with Crippen molar-refractivity contribution in [3.63, 3.8) is 0 Å². The van der Waals surface area contributed by atoms with E-state index in [1.165, 1.54) is 0 Å². The van der Waals surface area contributed by atoms with E-state index in [0.717, 1.165) is 17.8 Å². The molecule has 1 fully saturated rings. The highest BCUT2D eigenvalue weighted by atomic mass is 16.2. The molecule has 2 aromatic rings. The van der Waals surface area contributed by atoms with Gasteiger partial charge in [-0.3, -0.25) is 19.2 Å². The topological polar surface area (TPSA) is 79.3 Å². The summed E-state index contributed by atoms with van der Waals surface area (Å²) in [4.78, 5) is 27.9. The third kappa shape index (κ3) is 3.02. The Bertz CT molecular complexity index is 906. The summed E-state index contributed by atoms with van der Waals surface area (Å²) in [6, 6.07) is 7.14. The van der Waals surface area contributed by atoms with Crippen molar-refractivity contribution >= 4 is 17.5 Å². The maximum atomic E-state index is 12.9. The van der Waals surface area contributed by atoms with Crippen molar-refractivity contribution in [1.82, 2.24) is 20.0 Å². The minimum absolute atomic E-state index is 0.0478. The second-order valence-electron chi connectivity index (χ2n) is 7.70. The Morgan fingerprint density at radius 2 is 2.07 bits per heavy atom. The number of amides is 2. The molecule has 7 nitrogen and oxygen atoms in total. The Balaban J connectivity index is 1.59. The predicted octanol–water partition coefficient (Wildman–Crippen LogP) is 1.78. The number of anilines is 1. The number of aromatic nitrogens is 2. The number of carbonyl (C=O) groups excluding carboxylic acids is 2. The smallest absolute Gasteiger partial charge is 0.253 e. The summed E-state index contributed by atoms with van der Waals surface area (Å²) in [7, 11) is 0. The van der Waals surface area contributed by atoms with Gasteiger partial charge in [0.25, 0.3) is 5.91 Å². The molecule has 7 heteroatoms. The number of benzene rings is 1. The van der Waals surface area contributed by atoms with Crippen molar-refractivity contribution < 1.29 is 9.59 Å². The molecule has 142 valence electrons. The molecule has 4 rings (SSSR count). The molecule has 27 heavy (non-hydrogen) atoms. The summed E-state index contributed by atoms with van der Waals surface area (Å²) >= 11 is 0. The molecule has 2 aliphatic rings. The lowest BCUT2D eigenvalue weighted by atomic mass is 9.86. The van der Waals surface area contributed by atoms with Crippen LogP contribution in [0.1, 0.15) is 35.5 Å². The van der Waals surface area contributed by atoms with Crippen molar-refractivity contribution in [2.75, 3.05) is 18.4 Å². The standard InChI is InChI=1S/C20H25N5O2/c1-4-25-13(2)14(9-21-25)10-24-11-16-19(27)22-17-8-6-5-7-15(17)18(26)23-20(16,3)12-24/h5-9,16H,4,10-12H2,1-3H3,(H,22,27)(H,23,26)/t16-,20-/m0/s1. The Labute approximate surface area is 158 Å². The first-order valence-corrected chi connectivity index (χ1v) is 9.37. The first kappa shape index (κ1) is 17.7. The number of nitrogens with zero attached hydrogens (tertiary/aromatic N) is 3. The third-order valence-electron chi connectivity index (χ3n) is 5.81. The second-order valence-corrected chi connectivity index (χ2v) is 7.70. The van der Waals surface area contributed by atoms with Crippen LogP contribution in [0, 0.1) is 12.8 Å². The number of para-hydroxylation sites is 1. The van der Waals surface area contributed by atoms with Crippen LogP contribution in [0.25, 0.3) is 0 Å². The molecule has 1 aromatic carbocycles. The number of fused-ring (bicyclic) bond motifs is 2. The van der Waals surface area contributed by atoms with Crippen molar-refractivity contribution in [2.45, 2.75) is 39.4 Å². The lowest BCUT2D eigenvalue weighted by Crippen LogP contribution is -2.56. The first-order valence-electron chi connectivity index (χ1n) is 9.37. The summed E-state index contributed by atoms with van der Waals surface area (Å²) in [6.45, 7) is 8.87. The molecule has 0 radical (unpaired) electrons. The van der Waals surface area contributed by atoms with Gasteiger partial charge in [0.1, 0.15) is 0 Å². The quantitative estimate of drug-likeness (QED) is 0.867. The molecule has 2 atom stereocenters. The molecule has 0 unspecified atom stereocenters. The minimum atomic E-state index is -0.608. The van der Waals surface area contributed by atoms with Crippen LogP contribution in [0.15, 0.2) is 30.5 Å². The molecule has 0 saturated carbocycles. The van der Waals surface area contributed by atoms with E-state index in [-0.39, 0.29) is 17.7 Å². The zero-order chi connectivity index (χ0) is 19.2. The fourth-order valence-electron chi connectivity index (χ4n) is 4.26. The molecular weight excluding hydrogens is 342 g/mol. The molecule has 2 amide bonds. The first-order chi connectivity index (χ1) is 12.9. The van der Waals surface area contributed by atoms with Crippen molar-refractivity contribution in [3.8, 4) is 0 Å². The van der Waals surface area contributed by atoms with Gasteiger partial charge in [-0.2, -0.15) is 5.10 Å². The molecule has 2 N–H and O–H groups in total. The largest absolute Gasteiger partial charge is 0.345 e. The normalized spacial score (nSPS) is 25.2. The SMILES string of the molecule is CCn1ncc(CN2C[C@H]3C(=O)Nc4ccccc4C(=O)N[C@@]3(C)C2)c1C. The van der Waals surface area contributed by atoms with E-state index < -0.39 is 5.54 Å².